The Morgan fingerprint density at radius 1 is 1.11 bits per heavy atom. The Hall–Kier alpha value is -2.39. The number of ketones is 2. The van der Waals surface area contributed by atoms with Crippen LogP contribution in [0.15, 0.2) is 42.0 Å². The Kier molecular flexibility index (Phi) is 4.04. The predicted molar refractivity (Wildman–Crippen MR) is 110 cm³/mol. The number of carbonyl (C=O) groups excluding carboxylic acids is 2. The fraction of sp³-hybridized carbons (Fsp3) is 0.304. The molecule has 4 heteroatoms. The maximum Gasteiger partial charge on any atom is 0.197 e. The molecule has 0 saturated carbocycles. The Morgan fingerprint density at radius 3 is 2.30 bits per heavy atom. The van der Waals surface area contributed by atoms with E-state index < -0.39 is 0 Å². The number of benzene rings is 2. The van der Waals surface area contributed by atoms with E-state index in [4.69, 9.17) is 11.6 Å². The Balaban J connectivity index is 1.81. The van der Waals surface area contributed by atoms with Crippen molar-refractivity contribution in [3.05, 3.63) is 69.2 Å². The first-order valence-electron chi connectivity index (χ1n) is 9.18. The van der Waals surface area contributed by atoms with Gasteiger partial charge < -0.3 is 4.90 Å². The smallest absolute Gasteiger partial charge is 0.197 e. The molecule has 1 atom stereocenters. The summed E-state index contributed by atoms with van der Waals surface area (Å²) in [7, 11) is 2.08. The molecule has 4 rings (SSSR count). The minimum atomic E-state index is -0.226. The van der Waals surface area contributed by atoms with Crippen molar-refractivity contribution in [2.75, 3.05) is 11.9 Å². The van der Waals surface area contributed by atoms with E-state index in [1.54, 1.807) is 30.3 Å². The molecule has 1 heterocycles. The number of anilines is 1. The summed E-state index contributed by atoms with van der Waals surface area (Å²) < 4.78 is 0. The molecule has 0 N–H and O–H groups in total. The molecule has 0 saturated heterocycles. The van der Waals surface area contributed by atoms with Crippen molar-refractivity contribution in [2.45, 2.75) is 38.6 Å². The van der Waals surface area contributed by atoms with Crippen LogP contribution < -0.4 is 4.90 Å². The molecule has 2 aliphatic rings. The van der Waals surface area contributed by atoms with Gasteiger partial charge in [-0.05, 0) is 55.5 Å². The fourth-order valence-corrected chi connectivity index (χ4v) is 4.49. The highest BCUT2D eigenvalue weighted by atomic mass is 35.5. The second-order valence-corrected chi connectivity index (χ2v) is 8.58. The van der Waals surface area contributed by atoms with E-state index in [-0.39, 0.29) is 22.7 Å². The summed E-state index contributed by atoms with van der Waals surface area (Å²) in [4.78, 5) is 27.6. The molecular weight excluding hydrogens is 358 g/mol. The molecule has 1 aliphatic heterocycles. The van der Waals surface area contributed by atoms with E-state index in [1.807, 2.05) is 12.1 Å². The lowest BCUT2D eigenvalue weighted by molar-refractivity contribution is 0.0990. The minimum absolute atomic E-state index is 0.0504. The van der Waals surface area contributed by atoms with Crippen LogP contribution in [0.4, 0.5) is 5.69 Å². The van der Waals surface area contributed by atoms with Crippen LogP contribution in [-0.4, -0.2) is 24.2 Å². The highest BCUT2D eigenvalue weighted by molar-refractivity contribution is 6.42. The van der Waals surface area contributed by atoms with Crippen LogP contribution in [0.5, 0.6) is 0 Å². The molecule has 0 radical (unpaired) electrons. The molecule has 1 aliphatic carbocycles. The molecule has 0 bridgehead atoms. The van der Waals surface area contributed by atoms with Gasteiger partial charge in [-0.2, -0.15) is 0 Å². The van der Waals surface area contributed by atoms with Crippen LogP contribution in [0.2, 0.25) is 5.02 Å². The van der Waals surface area contributed by atoms with Gasteiger partial charge in [-0.15, -0.1) is 0 Å². The zero-order chi connectivity index (χ0) is 19.5. The van der Waals surface area contributed by atoms with Crippen LogP contribution in [0, 0.1) is 0 Å². The number of halogens is 1. The van der Waals surface area contributed by atoms with E-state index >= 15 is 0 Å². The van der Waals surface area contributed by atoms with Crippen molar-refractivity contribution in [1.29, 1.82) is 0 Å². The summed E-state index contributed by atoms with van der Waals surface area (Å²) >= 11 is 6.56. The molecule has 0 amide bonds. The number of hydrogen-bond donors (Lipinski definition) is 0. The second-order valence-electron chi connectivity index (χ2n) is 8.17. The van der Waals surface area contributed by atoms with Crippen LogP contribution in [0.3, 0.4) is 0 Å². The van der Waals surface area contributed by atoms with Gasteiger partial charge in [0, 0.05) is 34.4 Å². The number of nitrogens with zero attached hydrogens (tertiary/aromatic N) is 1. The van der Waals surface area contributed by atoms with Gasteiger partial charge in [0.15, 0.2) is 11.6 Å². The Labute approximate surface area is 164 Å². The van der Waals surface area contributed by atoms with Gasteiger partial charge in [0.25, 0.3) is 0 Å². The molecule has 2 aromatic carbocycles. The zero-order valence-electron chi connectivity index (χ0n) is 16.0. The summed E-state index contributed by atoms with van der Waals surface area (Å²) in [6, 6.07) is 10.9. The molecule has 0 fully saturated rings. The molecule has 138 valence electrons. The van der Waals surface area contributed by atoms with Crippen LogP contribution in [-0.2, 0) is 0 Å². The third kappa shape index (κ3) is 2.72. The third-order valence-electron chi connectivity index (χ3n) is 5.96. The second kappa shape index (κ2) is 6.07. The van der Waals surface area contributed by atoms with Gasteiger partial charge in [-0.1, -0.05) is 42.8 Å². The molecule has 0 spiro atoms. The van der Waals surface area contributed by atoms with Gasteiger partial charge >= 0.3 is 0 Å². The number of carbonyl (C=O) groups is 2. The topological polar surface area (TPSA) is 37.4 Å². The SMILES string of the molecule is CC1CC(C)(C)N(C)c2cc(Cl)c(C=C3C(=O)c4ccccc4C3=O)cc21. The van der Waals surface area contributed by atoms with Crippen molar-refractivity contribution in [3.63, 3.8) is 0 Å². The third-order valence-corrected chi connectivity index (χ3v) is 6.28. The van der Waals surface area contributed by atoms with Gasteiger partial charge in [0.1, 0.15) is 0 Å². The molecule has 27 heavy (non-hydrogen) atoms. The van der Waals surface area contributed by atoms with Crippen molar-refractivity contribution < 1.29 is 9.59 Å². The average Bonchev–Trinajstić information content (AvgIpc) is 2.86. The maximum atomic E-state index is 12.7. The van der Waals surface area contributed by atoms with E-state index in [0.29, 0.717) is 22.1 Å². The first-order valence-corrected chi connectivity index (χ1v) is 9.56. The van der Waals surface area contributed by atoms with Gasteiger partial charge in [-0.25, -0.2) is 0 Å². The van der Waals surface area contributed by atoms with Crippen molar-refractivity contribution >= 4 is 34.9 Å². The molecule has 2 aromatic rings. The number of hydrogen-bond acceptors (Lipinski definition) is 3. The Bertz CT molecular complexity index is 982. The lowest BCUT2D eigenvalue weighted by atomic mass is 9.80. The fourth-order valence-electron chi connectivity index (χ4n) is 4.27. The number of fused-ring (bicyclic) bond motifs is 2. The molecular formula is C23H22ClNO2. The van der Waals surface area contributed by atoms with Gasteiger partial charge in [0.2, 0.25) is 0 Å². The van der Waals surface area contributed by atoms with E-state index in [1.165, 1.54) is 5.56 Å². The highest BCUT2D eigenvalue weighted by Gasteiger charge is 2.35. The van der Waals surface area contributed by atoms with Crippen LogP contribution in [0.25, 0.3) is 6.08 Å². The van der Waals surface area contributed by atoms with Crippen LogP contribution >= 0.6 is 11.6 Å². The zero-order valence-corrected chi connectivity index (χ0v) is 16.7. The summed E-state index contributed by atoms with van der Waals surface area (Å²) in [5.41, 5.74) is 4.21. The standard InChI is InChI=1S/C23H22ClNO2/c1-13-12-23(2,3)25(4)20-11-19(24)14(9-17(13)20)10-18-21(26)15-7-5-6-8-16(15)22(18)27/h5-11,13H,12H2,1-4H3. The summed E-state index contributed by atoms with van der Waals surface area (Å²) in [6.45, 7) is 6.66. The monoisotopic (exact) mass is 379 g/mol. The lowest BCUT2D eigenvalue weighted by Gasteiger charge is -2.45. The first kappa shape index (κ1) is 18.0. The highest BCUT2D eigenvalue weighted by Crippen LogP contribution is 2.44. The van der Waals surface area contributed by atoms with Gasteiger partial charge in [-0.3, -0.25) is 9.59 Å². The van der Waals surface area contributed by atoms with E-state index in [0.717, 1.165) is 17.7 Å². The van der Waals surface area contributed by atoms with Crippen molar-refractivity contribution in [3.8, 4) is 0 Å². The summed E-state index contributed by atoms with van der Waals surface area (Å²) in [5, 5.41) is 0.551. The largest absolute Gasteiger partial charge is 0.369 e. The quantitative estimate of drug-likeness (QED) is 0.483. The van der Waals surface area contributed by atoms with Crippen molar-refractivity contribution in [2.24, 2.45) is 0 Å². The van der Waals surface area contributed by atoms with E-state index in [2.05, 4.69) is 32.7 Å². The minimum Gasteiger partial charge on any atom is -0.369 e. The summed E-state index contributed by atoms with van der Waals surface area (Å²) in [6.07, 6.45) is 2.68. The average molecular weight is 380 g/mol. The molecule has 1 unspecified atom stereocenters. The number of rotatable bonds is 1. The van der Waals surface area contributed by atoms with Crippen molar-refractivity contribution in [1.82, 2.24) is 0 Å². The summed E-state index contributed by atoms with van der Waals surface area (Å²) in [5.74, 6) is -0.0841. The number of Topliss-reactive ketones (excluding diaryl/α,β-unsaturated/α-hetero) is 2. The normalized spacial score (nSPS) is 20.6. The van der Waals surface area contributed by atoms with Crippen LogP contribution in [0.1, 0.15) is 65.0 Å². The first-order chi connectivity index (χ1) is 12.7. The maximum absolute atomic E-state index is 12.7. The van der Waals surface area contributed by atoms with Gasteiger partial charge in [0.05, 0.1) is 5.57 Å². The molecule has 0 aromatic heterocycles. The van der Waals surface area contributed by atoms with E-state index in [9.17, 15) is 9.59 Å². The number of allylic oxidation sites excluding steroid dienone is 1. The lowest BCUT2D eigenvalue weighted by Crippen LogP contribution is -2.45. The predicted octanol–water partition coefficient (Wildman–Crippen LogP) is 5.52. The molecule has 3 nitrogen and oxygen atoms in total. The Morgan fingerprint density at radius 2 is 1.70 bits per heavy atom.